The fourth-order valence-corrected chi connectivity index (χ4v) is 6.91. The molecular weight excluding hydrogens is 658 g/mol. The Bertz CT molecular complexity index is 1760. The first-order chi connectivity index (χ1) is 24.4. The summed E-state index contributed by atoms with van der Waals surface area (Å²) in [5.74, 6) is 0.771. The lowest BCUT2D eigenvalue weighted by atomic mass is 10.00. The Morgan fingerprint density at radius 2 is 1.51 bits per heavy atom. The molecule has 2 amide bonds. The quantitative estimate of drug-likeness (QED) is 0.163. The second kappa shape index (κ2) is 16.6. The van der Waals surface area contributed by atoms with Crippen LogP contribution < -0.4 is 25.2 Å². The summed E-state index contributed by atoms with van der Waals surface area (Å²) in [7, 11) is 4.56. The van der Waals surface area contributed by atoms with Gasteiger partial charge in [-0.2, -0.15) is 0 Å². The van der Waals surface area contributed by atoms with Crippen LogP contribution in [0, 0.1) is 6.92 Å². The highest BCUT2D eigenvalue weighted by Gasteiger charge is 2.29. The van der Waals surface area contributed by atoms with E-state index in [1.54, 1.807) is 35.2 Å². The summed E-state index contributed by atoms with van der Waals surface area (Å²) in [6.45, 7) is 12.4. The van der Waals surface area contributed by atoms with Crippen molar-refractivity contribution in [3.05, 3.63) is 63.5 Å². The number of fused-ring (bicyclic) bond motifs is 1. The molecule has 2 saturated heterocycles. The SMILES string of the molecule is COc1cc(/C=C/C(=O)OC(Cc2c(C)c3ccc(NC(=O)N4CC(C)OC(C)C4)cc3oc2=O)CN2CC(C)OC(C)C2)cc(OC)c1OC. The Balaban J connectivity index is 1.37. The van der Waals surface area contributed by atoms with Crippen LogP contribution in [0.4, 0.5) is 10.5 Å². The summed E-state index contributed by atoms with van der Waals surface area (Å²) in [6, 6.07) is 8.46. The molecule has 13 heteroatoms. The molecule has 0 bridgehead atoms. The van der Waals surface area contributed by atoms with Gasteiger partial charge in [-0.15, -0.1) is 0 Å². The van der Waals surface area contributed by atoms with Gasteiger partial charge in [0.1, 0.15) is 11.7 Å². The number of anilines is 1. The fourth-order valence-electron chi connectivity index (χ4n) is 6.91. The van der Waals surface area contributed by atoms with Crippen LogP contribution in [0.1, 0.15) is 44.4 Å². The molecule has 51 heavy (non-hydrogen) atoms. The Kier molecular flexibility index (Phi) is 12.3. The lowest BCUT2D eigenvalue weighted by Crippen LogP contribution is -2.49. The predicted octanol–water partition coefficient (Wildman–Crippen LogP) is 5.05. The lowest BCUT2D eigenvalue weighted by Gasteiger charge is -2.36. The van der Waals surface area contributed by atoms with Gasteiger partial charge in [-0.25, -0.2) is 14.4 Å². The largest absolute Gasteiger partial charge is 0.493 e. The van der Waals surface area contributed by atoms with Crippen molar-refractivity contribution < 1.29 is 42.4 Å². The van der Waals surface area contributed by atoms with Crippen molar-refractivity contribution in [1.29, 1.82) is 0 Å². The van der Waals surface area contributed by atoms with Crippen LogP contribution in [-0.2, 0) is 25.4 Å². The molecule has 2 aliphatic rings. The molecule has 0 aliphatic carbocycles. The molecule has 2 aromatic carbocycles. The Morgan fingerprint density at radius 3 is 2.10 bits per heavy atom. The summed E-state index contributed by atoms with van der Waals surface area (Å²) in [5, 5.41) is 3.64. The molecule has 5 atom stereocenters. The summed E-state index contributed by atoms with van der Waals surface area (Å²) in [4.78, 5) is 43.7. The number of esters is 1. The Hall–Kier alpha value is -4.59. The summed E-state index contributed by atoms with van der Waals surface area (Å²) < 4.78 is 39.8. The number of amides is 2. The number of hydrogen-bond acceptors (Lipinski definition) is 11. The van der Waals surface area contributed by atoms with E-state index in [4.69, 9.17) is 32.8 Å². The highest BCUT2D eigenvalue weighted by Crippen LogP contribution is 2.38. The van der Waals surface area contributed by atoms with Gasteiger partial charge in [0.15, 0.2) is 11.5 Å². The number of morpholine rings is 2. The molecule has 2 aliphatic heterocycles. The maximum Gasteiger partial charge on any atom is 0.339 e. The zero-order chi connectivity index (χ0) is 36.8. The van der Waals surface area contributed by atoms with Gasteiger partial charge in [0.2, 0.25) is 5.75 Å². The van der Waals surface area contributed by atoms with Gasteiger partial charge < -0.3 is 43.1 Å². The number of aryl methyl sites for hydroxylation is 1. The molecule has 3 heterocycles. The highest BCUT2D eigenvalue weighted by atomic mass is 16.5. The van der Waals surface area contributed by atoms with Crippen molar-refractivity contribution in [2.45, 2.75) is 71.6 Å². The maximum atomic E-state index is 13.5. The van der Waals surface area contributed by atoms with Gasteiger partial charge >= 0.3 is 17.6 Å². The average molecular weight is 708 g/mol. The summed E-state index contributed by atoms with van der Waals surface area (Å²) >= 11 is 0. The zero-order valence-corrected chi connectivity index (χ0v) is 30.6. The van der Waals surface area contributed by atoms with Gasteiger partial charge in [0.25, 0.3) is 0 Å². The van der Waals surface area contributed by atoms with Crippen molar-refractivity contribution in [2.24, 2.45) is 0 Å². The number of carbonyl (C=O) groups is 2. The molecular formula is C38H49N3O10. The van der Waals surface area contributed by atoms with E-state index in [0.29, 0.717) is 77.9 Å². The highest BCUT2D eigenvalue weighted by molar-refractivity contribution is 5.93. The minimum atomic E-state index is -0.671. The molecule has 5 rings (SSSR count). The first-order valence-corrected chi connectivity index (χ1v) is 17.2. The van der Waals surface area contributed by atoms with E-state index in [2.05, 4.69) is 10.2 Å². The van der Waals surface area contributed by atoms with Gasteiger partial charge in [0, 0.05) is 67.9 Å². The number of ether oxygens (including phenoxy) is 6. The van der Waals surface area contributed by atoms with E-state index in [9.17, 15) is 14.4 Å². The number of rotatable bonds is 11. The molecule has 276 valence electrons. The minimum absolute atomic E-state index is 0.00207. The fraction of sp³-hybridized carbons (Fsp3) is 0.500. The molecule has 1 aromatic heterocycles. The van der Waals surface area contributed by atoms with Crippen LogP contribution in [0.15, 0.2) is 45.6 Å². The first-order valence-electron chi connectivity index (χ1n) is 17.2. The molecule has 5 unspecified atom stereocenters. The zero-order valence-electron chi connectivity index (χ0n) is 30.6. The predicted molar refractivity (Wildman–Crippen MR) is 193 cm³/mol. The number of benzene rings is 2. The van der Waals surface area contributed by atoms with Crippen LogP contribution >= 0.6 is 0 Å². The topological polar surface area (TPSA) is 138 Å². The van der Waals surface area contributed by atoms with Crippen LogP contribution in [0.2, 0.25) is 0 Å². The molecule has 2 fully saturated rings. The maximum absolute atomic E-state index is 13.5. The number of methoxy groups -OCH3 is 3. The molecule has 0 radical (unpaired) electrons. The molecule has 1 N–H and O–H groups in total. The van der Waals surface area contributed by atoms with Crippen molar-refractivity contribution in [3.8, 4) is 17.2 Å². The third kappa shape index (κ3) is 9.40. The van der Waals surface area contributed by atoms with E-state index in [1.807, 2.05) is 40.7 Å². The minimum Gasteiger partial charge on any atom is -0.493 e. The van der Waals surface area contributed by atoms with Crippen LogP contribution in [0.5, 0.6) is 17.2 Å². The van der Waals surface area contributed by atoms with Crippen molar-refractivity contribution in [2.75, 3.05) is 59.4 Å². The number of nitrogens with one attached hydrogen (secondary N) is 1. The summed E-state index contributed by atoms with van der Waals surface area (Å²) in [5.41, 5.74) is 2.10. The standard InChI is InChI=1S/C38H49N3O10/c1-22-17-40(18-23(2)48-22)21-29(50-35(42)12-9-27-13-33(45-6)36(47-8)34(14-27)46-7)16-31-26(5)30-11-10-28(15-32(30)51-37(31)43)39-38(44)41-19-24(3)49-25(4)20-41/h9-15,22-25,29H,16-21H2,1-8H3,(H,39,44)/b12-9+. The molecule has 3 aromatic rings. The third-order valence-electron chi connectivity index (χ3n) is 9.02. The van der Waals surface area contributed by atoms with E-state index in [1.165, 1.54) is 27.4 Å². The van der Waals surface area contributed by atoms with E-state index in [0.717, 1.165) is 5.39 Å². The third-order valence-corrected chi connectivity index (χ3v) is 9.02. The molecule has 0 saturated carbocycles. The van der Waals surface area contributed by atoms with Gasteiger partial charge in [-0.05, 0) is 76.1 Å². The van der Waals surface area contributed by atoms with Gasteiger partial charge in [-0.3, -0.25) is 4.90 Å². The molecule has 0 spiro atoms. The van der Waals surface area contributed by atoms with E-state index in [-0.39, 0.29) is 36.9 Å². The van der Waals surface area contributed by atoms with Crippen LogP contribution in [0.3, 0.4) is 0 Å². The Labute approximate surface area is 298 Å². The van der Waals surface area contributed by atoms with Crippen molar-refractivity contribution in [3.63, 3.8) is 0 Å². The van der Waals surface area contributed by atoms with Gasteiger partial charge in [0.05, 0.1) is 45.7 Å². The number of carbonyl (C=O) groups excluding carboxylic acids is 2. The number of nitrogens with zero attached hydrogens (tertiary/aromatic N) is 2. The summed E-state index contributed by atoms with van der Waals surface area (Å²) in [6.07, 6.45) is 2.29. The molecule has 13 nitrogen and oxygen atoms in total. The van der Waals surface area contributed by atoms with E-state index >= 15 is 0 Å². The van der Waals surface area contributed by atoms with Crippen LogP contribution in [-0.4, -0.2) is 106 Å². The average Bonchev–Trinajstić information content (AvgIpc) is 3.07. The van der Waals surface area contributed by atoms with Crippen LogP contribution in [0.25, 0.3) is 17.0 Å². The van der Waals surface area contributed by atoms with Crippen molar-refractivity contribution in [1.82, 2.24) is 9.80 Å². The second-order valence-electron chi connectivity index (χ2n) is 13.3. The normalized spacial score (nSPS) is 21.8. The first kappa shape index (κ1) is 37.7. The van der Waals surface area contributed by atoms with Crippen molar-refractivity contribution >= 4 is 34.7 Å². The number of hydrogen-bond donors (Lipinski definition) is 1. The Morgan fingerprint density at radius 1 is 0.902 bits per heavy atom. The van der Waals surface area contributed by atoms with Gasteiger partial charge in [-0.1, -0.05) is 0 Å². The lowest BCUT2D eigenvalue weighted by molar-refractivity contribution is -0.145. The van der Waals surface area contributed by atoms with E-state index < -0.39 is 17.7 Å². The second-order valence-corrected chi connectivity index (χ2v) is 13.3. The number of urea groups is 1. The monoisotopic (exact) mass is 707 g/mol. The smallest absolute Gasteiger partial charge is 0.339 e.